The molecule has 0 saturated carbocycles. The minimum atomic E-state index is -0.677. The molecule has 3 rings (SSSR count). The first-order valence-electron chi connectivity index (χ1n) is 8.43. The molecule has 8 heteroatoms. The number of rotatable bonds is 8. The van der Waals surface area contributed by atoms with Crippen LogP contribution in [-0.4, -0.2) is 40.3 Å². The van der Waals surface area contributed by atoms with Gasteiger partial charge in [0.2, 0.25) is 5.91 Å². The molecule has 0 unspecified atom stereocenters. The van der Waals surface area contributed by atoms with Crippen LogP contribution in [0, 0.1) is 0 Å². The molecular weight excluding hydrogens is 336 g/mol. The van der Waals surface area contributed by atoms with E-state index in [-0.39, 0.29) is 31.2 Å². The van der Waals surface area contributed by atoms with Crippen LogP contribution in [0.15, 0.2) is 47.3 Å². The van der Waals surface area contributed by atoms with Crippen molar-refractivity contribution in [2.45, 2.75) is 31.8 Å². The number of nitrogens with zero attached hydrogens (tertiary/aromatic N) is 2. The molecule has 1 aliphatic heterocycles. The number of furan rings is 1. The van der Waals surface area contributed by atoms with Gasteiger partial charge in [-0.05, 0) is 42.7 Å². The van der Waals surface area contributed by atoms with E-state index in [1.807, 2.05) is 12.1 Å². The van der Waals surface area contributed by atoms with E-state index in [9.17, 15) is 14.4 Å². The molecule has 2 aromatic rings. The fraction of sp³-hybridized carbons (Fsp3) is 0.333. The normalized spacial score (nSPS) is 16.6. The Kier molecular flexibility index (Phi) is 5.62. The van der Waals surface area contributed by atoms with Crippen molar-refractivity contribution in [2.24, 2.45) is 0 Å². The van der Waals surface area contributed by atoms with Crippen molar-refractivity contribution >= 4 is 17.8 Å². The first-order chi connectivity index (χ1) is 12.6. The molecule has 3 heterocycles. The van der Waals surface area contributed by atoms with Gasteiger partial charge in [-0.3, -0.25) is 19.5 Å². The van der Waals surface area contributed by atoms with Crippen molar-refractivity contribution in [3.8, 4) is 0 Å². The topological polar surface area (TPSA) is 105 Å². The second-order valence-electron chi connectivity index (χ2n) is 6.00. The summed E-state index contributed by atoms with van der Waals surface area (Å²) in [6.07, 6.45) is 6.05. The van der Waals surface area contributed by atoms with E-state index < -0.39 is 12.1 Å². The number of urea groups is 1. The van der Waals surface area contributed by atoms with Gasteiger partial charge in [0.1, 0.15) is 11.8 Å². The SMILES string of the molecule is O=C(CC[C@H]1NC(=O)N(Cc2ccco2)C1=O)NCCc1ccncc1. The number of carbonyl (C=O) groups is 3. The van der Waals surface area contributed by atoms with Crippen LogP contribution in [0.5, 0.6) is 0 Å². The maximum atomic E-state index is 12.3. The van der Waals surface area contributed by atoms with Crippen LogP contribution in [0.25, 0.3) is 0 Å². The Labute approximate surface area is 150 Å². The molecule has 0 bridgehead atoms. The molecule has 1 aliphatic rings. The Bertz CT molecular complexity index is 761. The highest BCUT2D eigenvalue weighted by Gasteiger charge is 2.38. The van der Waals surface area contributed by atoms with E-state index in [4.69, 9.17) is 4.42 Å². The maximum absolute atomic E-state index is 12.3. The number of pyridine rings is 1. The Morgan fingerprint density at radius 1 is 1.27 bits per heavy atom. The van der Waals surface area contributed by atoms with Crippen molar-refractivity contribution in [1.82, 2.24) is 20.5 Å². The first kappa shape index (κ1) is 17.7. The van der Waals surface area contributed by atoms with Crippen molar-refractivity contribution < 1.29 is 18.8 Å². The van der Waals surface area contributed by atoms with Gasteiger partial charge >= 0.3 is 6.03 Å². The first-order valence-corrected chi connectivity index (χ1v) is 8.43. The highest BCUT2D eigenvalue weighted by atomic mass is 16.3. The number of nitrogens with one attached hydrogen (secondary N) is 2. The number of carbonyl (C=O) groups excluding carboxylic acids is 3. The van der Waals surface area contributed by atoms with Crippen LogP contribution in [0.2, 0.25) is 0 Å². The lowest BCUT2D eigenvalue weighted by atomic mass is 10.1. The monoisotopic (exact) mass is 356 g/mol. The molecule has 26 heavy (non-hydrogen) atoms. The van der Waals surface area contributed by atoms with E-state index in [2.05, 4.69) is 15.6 Å². The van der Waals surface area contributed by atoms with Crippen molar-refractivity contribution in [3.63, 3.8) is 0 Å². The number of amides is 4. The molecule has 2 aromatic heterocycles. The zero-order chi connectivity index (χ0) is 18.4. The van der Waals surface area contributed by atoms with E-state index >= 15 is 0 Å². The zero-order valence-electron chi connectivity index (χ0n) is 14.2. The third kappa shape index (κ3) is 4.47. The maximum Gasteiger partial charge on any atom is 0.325 e. The smallest absolute Gasteiger partial charge is 0.325 e. The molecular formula is C18H20N4O4. The number of hydrogen-bond acceptors (Lipinski definition) is 5. The molecule has 0 aliphatic carbocycles. The number of imide groups is 1. The van der Waals surface area contributed by atoms with Gasteiger partial charge in [-0.2, -0.15) is 0 Å². The average molecular weight is 356 g/mol. The van der Waals surface area contributed by atoms with Crippen LogP contribution >= 0.6 is 0 Å². The van der Waals surface area contributed by atoms with Crippen molar-refractivity contribution in [1.29, 1.82) is 0 Å². The predicted molar refractivity (Wildman–Crippen MR) is 91.8 cm³/mol. The van der Waals surface area contributed by atoms with Gasteiger partial charge in [0, 0.05) is 25.4 Å². The fourth-order valence-electron chi connectivity index (χ4n) is 2.74. The summed E-state index contributed by atoms with van der Waals surface area (Å²) < 4.78 is 5.16. The molecule has 1 saturated heterocycles. The van der Waals surface area contributed by atoms with Crippen LogP contribution in [-0.2, 0) is 22.6 Å². The Hall–Kier alpha value is -3.16. The van der Waals surface area contributed by atoms with Crippen molar-refractivity contribution in [3.05, 3.63) is 54.2 Å². The Morgan fingerprint density at radius 3 is 2.81 bits per heavy atom. The lowest BCUT2D eigenvalue weighted by Gasteiger charge is -2.11. The van der Waals surface area contributed by atoms with Gasteiger partial charge in [0.25, 0.3) is 5.91 Å². The molecule has 0 aromatic carbocycles. The lowest BCUT2D eigenvalue weighted by Crippen LogP contribution is -2.33. The van der Waals surface area contributed by atoms with Gasteiger partial charge in [0.15, 0.2) is 0 Å². The molecule has 136 valence electrons. The molecule has 0 spiro atoms. The van der Waals surface area contributed by atoms with Gasteiger partial charge in [-0.1, -0.05) is 0 Å². The summed E-state index contributed by atoms with van der Waals surface area (Å²) in [5.74, 6) is 0.0459. The molecule has 2 N–H and O–H groups in total. The summed E-state index contributed by atoms with van der Waals surface area (Å²) in [5, 5.41) is 5.43. The van der Waals surface area contributed by atoms with Crippen LogP contribution in [0.4, 0.5) is 4.79 Å². The van der Waals surface area contributed by atoms with E-state index in [0.29, 0.717) is 18.7 Å². The van der Waals surface area contributed by atoms with Gasteiger partial charge in [-0.25, -0.2) is 4.79 Å². The lowest BCUT2D eigenvalue weighted by molar-refractivity contribution is -0.128. The van der Waals surface area contributed by atoms with E-state index in [1.165, 1.54) is 6.26 Å². The predicted octanol–water partition coefficient (Wildman–Crippen LogP) is 1.23. The minimum absolute atomic E-state index is 0.0896. The molecule has 1 fully saturated rings. The number of hydrogen-bond donors (Lipinski definition) is 2. The van der Waals surface area contributed by atoms with E-state index in [0.717, 1.165) is 10.5 Å². The highest BCUT2D eigenvalue weighted by molar-refractivity contribution is 6.04. The zero-order valence-corrected chi connectivity index (χ0v) is 14.2. The molecule has 0 radical (unpaired) electrons. The van der Waals surface area contributed by atoms with Gasteiger partial charge < -0.3 is 15.1 Å². The third-order valence-corrected chi connectivity index (χ3v) is 4.15. The Morgan fingerprint density at radius 2 is 2.08 bits per heavy atom. The molecule has 1 atom stereocenters. The Balaban J connectivity index is 1.40. The fourth-order valence-corrected chi connectivity index (χ4v) is 2.74. The number of aromatic nitrogens is 1. The second kappa shape index (κ2) is 8.28. The quantitative estimate of drug-likeness (QED) is 0.692. The average Bonchev–Trinajstić information content (AvgIpc) is 3.25. The van der Waals surface area contributed by atoms with Gasteiger partial charge in [0.05, 0.1) is 12.8 Å². The van der Waals surface area contributed by atoms with E-state index in [1.54, 1.807) is 24.5 Å². The third-order valence-electron chi connectivity index (χ3n) is 4.15. The summed E-state index contributed by atoms with van der Waals surface area (Å²) in [5.41, 5.74) is 1.09. The van der Waals surface area contributed by atoms with Crippen LogP contribution in [0.1, 0.15) is 24.2 Å². The largest absolute Gasteiger partial charge is 0.467 e. The van der Waals surface area contributed by atoms with Crippen LogP contribution in [0.3, 0.4) is 0 Å². The van der Waals surface area contributed by atoms with Crippen LogP contribution < -0.4 is 10.6 Å². The summed E-state index contributed by atoms with van der Waals surface area (Å²) in [6, 6.07) is 6.04. The minimum Gasteiger partial charge on any atom is -0.467 e. The second-order valence-corrected chi connectivity index (χ2v) is 6.00. The summed E-state index contributed by atoms with van der Waals surface area (Å²) in [7, 11) is 0. The van der Waals surface area contributed by atoms with Gasteiger partial charge in [-0.15, -0.1) is 0 Å². The summed E-state index contributed by atoms with van der Waals surface area (Å²) in [4.78, 5) is 41.2. The summed E-state index contributed by atoms with van der Waals surface area (Å²) in [6.45, 7) is 0.602. The van der Waals surface area contributed by atoms with Crippen molar-refractivity contribution in [2.75, 3.05) is 6.54 Å². The molecule has 4 amide bonds. The summed E-state index contributed by atoms with van der Waals surface area (Å²) >= 11 is 0. The highest BCUT2D eigenvalue weighted by Crippen LogP contribution is 2.15. The molecule has 8 nitrogen and oxygen atoms in total. The standard InChI is InChI=1S/C18H20N4O4/c23-16(20-10-7-13-5-8-19-9-6-13)4-3-15-17(24)22(18(25)21-15)12-14-2-1-11-26-14/h1-2,5-6,8-9,11,15H,3-4,7,10,12H2,(H,20,23)(H,21,25)/t15-/m1/s1.